The van der Waals surface area contributed by atoms with E-state index >= 15 is 0 Å². The van der Waals surface area contributed by atoms with Crippen LogP contribution in [-0.2, 0) is 0 Å². The molecule has 3 heteroatoms. The van der Waals surface area contributed by atoms with E-state index in [-0.39, 0.29) is 0 Å². The van der Waals surface area contributed by atoms with Crippen LogP contribution in [0.1, 0.15) is 11.1 Å². The van der Waals surface area contributed by atoms with Crippen molar-refractivity contribution in [1.82, 2.24) is 5.16 Å². The normalized spacial score (nSPS) is 9.71. The van der Waals surface area contributed by atoms with E-state index in [2.05, 4.69) is 5.16 Å². The van der Waals surface area contributed by atoms with Crippen LogP contribution in [0.3, 0.4) is 0 Å². The summed E-state index contributed by atoms with van der Waals surface area (Å²) < 4.78 is 5.01. The minimum atomic E-state index is 0.467. The molecule has 0 N–H and O–H groups in total. The Labute approximate surface area is 81.6 Å². The summed E-state index contributed by atoms with van der Waals surface area (Å²) in [6, 6.07) is 9.80. The molecular formula is C11H8N2O. The van der Waals surface area contributed by atoms with Gasteiger partial charge in [0.15, 0.2) is 5.76 Å². The van der Waals surface area contributed by atoms with Gasteiger partial charge in [-0.3, -0.25) is 0 Å². The van der Waals surface area contributed by atoms with Crippen molar-refractivity contribution in [3.8, 4) is 17.4 Å². The maximum Gasteiger partial charge on any atom is 0.184 e. The highest BCUT2D eigenvalue weighted by Crippen LogP contribution is 2.22. The third-order valence-corrected chi connectivity index (χ3v) is 2.00. The number of hydrogen-bond acceptors (Lipinski definition) is 3. The molecule has 1 aromatic carbocycles. The first-order chi connectivity index (χ1) is 6.81. The fraction of sp³-hybridized carbons (Fsp3) is 0.0909. The first-order valence-electron chi connectivity index (χ1n) is 4.23. The molecular weight excluding hydrogens is 176 g/mol. The van der Waals surface area contributed by atoms with Gasteiger partial charge < -0.3 is 4.52 Å². The Morgan fingerprint density at radius 1 is 1.29 bits per heavy atom. The molecule has 68 valence electrons. The van der Waals surface area contributed by atoms with Crippen molar-refractivity contribution in [3.05, 3.63) is 41.6 Å². The van der Waals surface area contributed by atoms with E-state index in [1.807, 2.05) is 37.3 Å². The third-order valence-electron chi connectivity index (χ3n) is 2.00. The molecule has 0 saturated carbocycles. The summed E-state index contributed by atoms with van der Waals surface area (Å²) in [5.41, 5.74) is 2.52. The highest BCUT2D eigenvalue weighted by atomic mass is 16.5. The number of aromatic nitrogens is 1. The van der Waals surface area contributed by atoms with Crippen LogP contribution in [0.5, 0.6) is 0 Å². The van der Waals surface area contributed by atoms with Gasteiger partial charge in [-0.25, -0.2) is 0 Å². The molecule has 0 aliphatic rings. The Balaban J connectivity index is 2.50. The Morgan fingerprint density at radius 2 is 2.00 bits per heavy atom. The summed E-state index contributed by atoms with van der Waals surface area (Å²) in [5, 5.41) is 12.4. The van der Waals surface area contributed by atoms with Gasteiger partial charge in [-0.05, 0) is 6.92 Å². The van der Waals surface area contributed by atoms with Crippen molar-refractivity contribution in [1.29, 1.82) is 5.26 Å². The van der Waals surface area contributed by atoms with E-state index in [1.165, 1.54) is 11.8 Å². The van der Waals surface area contributed by atoms with Crippen molar-refractivity contribution >= 4 is 0 Å². The molecule has 0 bridgehead atoms. The second kappa shape index (κ2) is 3.35. The number of nitriles is 1. The minimum absolute atomic E-state index is 0.467. The third kappa shape index (κ3) is 1.38. The van der Waals surface area contributed by atoms with Gasteiger partial charge >= 0.3 is 0 Å². The first-order valence-corrected chi connectivity index (χ1v) is 4.23. The van der Waals surface area contributed by atoms with Crippen LogP contribution in [0.15, 0.2) is 35.0 Å². The zero-order chi connectivity index (χ0) is 9.97. The van der Waals surface area contributed by atoms with Crippen molar-refractivity contribution in [2.24, 2.45) is 0 Å². The number of hydrogen-bond donors (Lipinski definition) is 0. The van der Waals surface area contributed by atoms with E-state index in [0.717, 1.165) is 5.56 Å². The van der Waals surface area contributed by atoms with Crippen LogP contribution in [0.2, 0.25) is 0 Å². The van der Waals surface area contributed by atoms with Crippen LogP contribution in [0.4, 0.5) is 0 Å². The second-order valence-corrected chi connectivity index (χ2v) is 3.05. The van der Waals surface area contributed by atoms with Crippen LogP contribution in [0, 0.1) is 18.3 Å². The predicted octanol–water partition coefficient (Wildman–Crippen LogP) is 2.52. The topological polar surface area (TPSA) is 49.8 Å². The minimum Gasteiger partial charge on any atom is -0.355 e. The smallest absolute Gasteiger partial charge is 0.184 e. The number of rotatable bonds is 1. The molecule has 2 aromatic rings. The molecule has 0 aliphatic carbocycles. The molecule has 0 fully saturated rings. The molecule has 0 atom stereocenters. The molecule has 0 saturated heterocycles. The Bertz CT molecular complexity index is 477. The molecule has 14 heavy (non-hydrogen) atoms. The summed E-state index contributed by atoms with van der Waals surface area (Å²) in [5.74, 6) is 0.535. The Kier molecular flexibility index (Phi) is 2.04. The van der Waals surface area contributed by atoms with Gasteiger partial charge in [0.25, 0.3) is 0 Å². The summed E-state index contributed by atoms with van der Waals surface area (Å²) in [4.78, 5) is 0. The lowest BCUT2D eigenvalue weighted by molar-refractivity contribution is 0.432. The quantitative estimate of drug-likeness (QED) is 0.684. The maximum absolute atomic E-state index is 8.77. The molecule has 0 radical (unpaired) electrons. The lowest BCUT2D eigenvalue weighted by Crippen LogP contribution is -1.78. The van der Waals surface area contributed by atoms with Gasteiger partial charge in [0.2, 0.25) is 0 Å². The molecule has 0 aliphatic heterocycles. The molecule has 3 nitrogen and oxygen atoms in total. The van der Waals surface area contributed by atoms with Gasteiger partial charge in [0.1, 0.15) is 11.6 Å². The van der Waals surface area contributed by atoms with Crippen LogP contribution in [0.25, 0.3) is 11.3 Å². The fourth-order valence-corrected chi connectivity index (χ4v) is 1.23. The first kappa shape index (κ1) is 8.52. The Hall–Kier alpha value is -2.08. The summed E-state index contributed by atoms with van der Waals surface area (Å²) in [7, 11) is 0. The molecule has 0 amide bonds. The average Bonchev–Trinajstić information content (AvgIpc) is 2.67. The maximum atomic E-state index is 8.77. The van der Waals surface area contributed by atoms with E-state index in [1.54, 1.807) is 0 Å². The highest BCUT2D eigenvalue weighted by molar-refractivity contribution is 5.64. The summed E-state index contributed by atoms with van der Waals surface area (Å²) in [6.45, 7) is 2.01. The summed E-state index contributed by atoms with van der Waals surface area (Å²) >= 11 is 0. The number of benzene rings is 1. The molecule has 1 heterocycles. The number of nitrogens with zero attached hydrogens (tertiary/aromatic N) is 2. The lowest BCUT2D eigenvalue weighted by atomic mass is 10.1. The van der Waals surface area contributed by atoms with Gasteiger partial charge in [-0.2, -0.15) is 5.26 Å². The van der Waals surface area contributed by atoms with Crippen molar-refractivity contribution < 1.29 is 4.52 Å². The fourth-order valence-electron chi connectivity index (χ4n) is 1.23. The Morgan fingerprint density at radius 3 is 2.64 bits per heavy atom. The van der Waals surface area contributed by atoms with E-state index in [4.69, 9.17) is 9.78 Å². The molecule has 1 aromatic heterocycles. The van der Waals surface area contributed by atoms with E-state index in [9.17, 15) is 0 Å². The summed E-state index contributed by atoms with van der Waals surface area (Å²) in [6.07, 6.45) is 1.43. The van der Waals surface area contributed by atoms with Gasteiger partial charge in [-0.15, -0.1) is 0 Å². The predicted molar refractivity (Wildman–Crippen MR) is 51.4 cm³/mol. The number of aryl methyl sites for hydroxylation is 1. The van der Waals surface area contributed by atoms with E-state index < -0.39 is 0 Å². The largest absolute Gasteiger partial charge is 0.355 e. The van der Waals surface area contributed by atoms with Crippen molar-refractivity contribution in [2.75, 3.05) is 0 Å². The highest BCUT2D eigenvalue weighted by Gasteiger charge is 2.09. The van der Waals surface area contributed by atoms with Gasteiger partial charge in [0.05, 0.1) is 6.20 Å². The molecule has 0 spiro atoms. The molecule has 2 rings (SSSR count). The van der Waals surface area contributed by atoms with Crippen LogP contribution in [-0.4, -0.2) is 5.16 Å². The van der Waals surface area contributed by atoms with Crippen LogP contribution < -0.4 is 0 Å². The van der Waals surface area contributed by atoms with Gasteiger partial charge in [0, 0.05) is 5.56 Å². The van der Waals surface area contributed by atoms with Crippen molar-refractivity contribution in [2.45, 2.75) is 6.92 Å². The lowest BCUT2D eigenvalue weighted by Gasteiger charge is -1.96. The van der Waals surface area contributed by atoms with Crippen molar-refractivity contribution in [3.63, 3.8) is 0 Å². The average molecular weight is 184 g/mol. The SMILES string of the molecule is Cc1ccc(-c2oncc2C#N)cc1. The van der Waals surface area contributed by atoms with E-state index in [0.29, 0.717) is 11.3 Å². The standard InChI is InChI=1S/C11H8N2O/c1-8-2-4-9(5-3-8)11-10(6-12)7-13-14-11/h2-5,7H,1H3. The zero-order valence-electron chi connectivity index (χ0n) is 7.69. The monoisotopic (exact) mass is 184 g/mol. The zero-order valence-corrected chi connectivity index (χ0v) is 7.69. The molecule has 0 unspecified atom stereocenters. The second-order valence-electron chi connectivity index (χ2n) is 3.05. The van der Waals surface area contributed by atoms with Crippen LogP contribution >= 0.6 is 0 Å². The van der Waals surface area contributed by atoms with Gasteiger partial charge in [-0.1, -0.05) is 35.0 Å².